The Labute approximate surface area is 118 Å². The molecule has 1 heterocycles. The number of methoxy groups -OCH3 is 1. The van der Waals surface area contributed by atoms with Crippen LogP contribution in [0.1, 0.15) is 31.2 Å². The van der Waals surface area contributed by atoms with Crippen molar-refractivity contribution in [2.24, 2.45) is 5.73 Å². The smallest absolute Gasteiger partial charge is 0.211 e. The minimum Gasteiger partial charge on any atom is -0.493 e. The molecule has 0 spiro atoms. The highest BCUT2D eigenvalue weighted by atomic mass is 19.1. The van der Waals surface area contributed by atoms with E-state index >= 15 is 0 Å². The number of fused-ring (bicyclic) bond motifs is 1. The quantitative estimate of drug-likeness (QED) is 0.924. The molecule has 1 aromatic rings. The van der Waals surface area contributed by atoms with Gasteiger partial charge in [0, 0.05) is 17.5 Å². The van der Waals surface area contributed by atoms with Crippen LogP contribution in [0.15, 0.2) is 6.07 Å². The van der Waals surface area contributed by atoms with Crippen molar-refractivity contribution in [3.63, 3.8) is 0 Å². The van der Waals surface area contributed by atoms with E-state index in [0.717, 1.165) is 31.2 Å². The number of hydrogen-bond acceptors (Lipinski definition) is 4. The van der Waals surface area contributed by atoms with E-state index in [9.17, 15) is 4.39 Å². The molecule has 0 amide bonds. The Bertz CT molecular complexity index is 512. The molecule has 3 rings (SSSR count). The molecule has 1 aliphatic carbocycles. The largest absolute Gasteiger partial charge is 0.493 e. The SMILES string of the molecule is COc1c(C2(CN)CCCC2)cc2c(c1F)OCCO2. The lowest BCUT2D eigenvalue weighted by molar-refractivity contribution is 0.161. The predicted molar refractivity (Wildman–Crippen MR) is 73.1 cm³/mol. The number of halogens is 1. The fraction of sp³-hybridized carbons (Fsp3) is 0.600. The van der Waals surface area contributed by atoms with Gasteiger partial charge in [-0.05, 0) is 18.9 Å². The summed E-state index contributed by atoms with van der Waals surface area (Å²) in [5.41, 5.74) is 6.62. The third kappa shape index (κ3) is 1.92. The van der Waals surface area contributed by atoms with Crippen molar-refractivity contribution in [1.29, 1.82) is 0 Å². The highest BCUT2D eigenvalue weighted by Crippen LogP contribution is 2.49. The van der Waals surface area contributed by atoms with Crippen LogP contribution in [0, 0.1) is 5.82 Å². The van der Waals surface area contributed by atoms with Crippen LogP contribution in [-0.2, 0) is 5.41 Å². The van der Waals surface area contributed by atoms with E-state index in [4.69, 9.17) is 19.9 Å². The zero-order valence-corrected chi connectivity index (χ0v) is 11.7. The molecule has 1 fully saturated rings. The molecule has 0 unspecified atom stereocenters. The minimum absolute atomic E-state index is 0.155. The van der Waals surface area contributed by atoms with Crippen LogP contribution in [0.25, 0.3) is 0 Å². The molecule has 0 radical (unpaired) electrons. The molecule has 1 aromatic carbocycles. The first kappa shape index (κ1) is 13.5. The van der Waals surface area contributed by atoms with Crippen molar-refractivity contribution in [3.8, 4) is 17.2 Å². The number of nitrogens with two attached hydrogens (primary N) is 1. The average molecular weight is 281 g/mol. The Balaban J connectivity index is 2.16. The second kappa shape index (κ2) is 5.13. The Morgan fingerprint density at radius 3 is 2.65 bits per heavy atom. The molecule has 20 heavy (non-hydrogen) atoms. The van der Waals surface area contributed by atoms with E-state index in [1.165, 1.54) is 7.11 Å². The molecular formula is C15H20FNO3. The molecule has 0 bridgehead atoms. The highest BCUT2D eigenvalue weighted by molar-refractivity contribution is 5.55. The Morgan fingerprint density at radius 1 is 1.30 bits per heavy atom. The van der Waals surface area contributed by atoms with Gasteiger partial charge >= 0.3 is 0 Å². The van der Waals surface area contributed by atoms with Crippen LogP contribution >= 0.6 is 0 Å². The zero-order chi connectivity index (χ0) is 14.2. The standard InChI is InChI=1S/C15H20FNO3/c1-18-13-10(15(9-17)4-2-3-5-15)8-11-14(12(13)16)20-7-6-19-11/h8H,2-7,9,17H2,1H3. The fourth-order valence-corrected chi connectivity index (χ4v) is 3.36. The van der Waals surface area contributed by atoms with Crippen LogP contribution < -0.4 is 19.9 Å². The van der Waals surface area contributed by atoms with Crippen molar-refractivity contribution in [1.82, 2.24) is 0 Å². The number of rotatable bonds is 3. The van der Waals surface area contributed by atoms with Crippen molar-refractivity contribution < 1.29 is 18.6 Å². The summed E-state index contributed by atoms with van der Waals surface area (Å²) in [7, 11) is 1.48. The van der Waals surface area contributed by atoms with E-state index in [-0.39, 0.29) is 16.9 Å². The summed E-state index contributed by atoms with van der Waals surface area (Å²) in [6, 6.07) is 1.86. The third-order valence-electron chi connectivity index (χ3n) is 4.46. The molecule has 1 saturated carbocycles. The van der Waals surface area contributed by atoms with Gasteiger partial charge in [-0.2, -0.15) is 4.39 Å². The molecule has 0 aromatic heterocycles. The highest BCUT2D eigenvalue weighted by Gasteiger charge is 2.39. The summed E-state index contributed by atoms with van der Waals surface area (Å²) in [5, 5.41) is 0. The Morgan fingerprint density at radius 2 is 2.00 bits per heavy atom. The minimum atomic E-state index is -0.473. The molecule has 0 atom stereocenters. The van der Waals surface area contributed by atoms with Gasteiger partial charge < -0.3 is 19.9 Å². The summed E-state index contributed by atoms with van der Waals surface area (Å²) < 4.78 is 30.8. The molecule has 5 heteroatoms. The average Bonchev–Trinajstić information content (AvgIpc) is 2.97. The van der Waals surface area contributed by atoms with Crippen LogP contribution in [0.5, 0.6) is 17.2 Å². The summed E-state index contributed by atoms with van der Waals surface area (Å²) in [6.07, 6.45) is 4.13. The Kier molecular flexibility index (Phi) is 3.46. The van der Waals surface area contributed by atoms with Crippen LogP contribution in [-0.4, -0.2) is 26.9 Å². The van der Waals surface area contributed by atoms with Gasteiger partial charge in [0.25, 0.3) is 0 Å². The fourth-order valence-electron chi connectivity index (χ4n) is 3.36. The lowest BCUT2D eigenvalue weighted by atomic mass is 9.78. The van der Waals surface area contributed by atoms with Gasteiger partial charge in [-0.25, -0.2) is 0 Å². The van der Waals surface area contributed by atoms with Gasteiger partial charge in [0.1, 0.15) is 13.2 Å². The van der Waals surface area contributed by atoms with Crippen LogP contribution in [0.4, 0.5) is 4.39 Å². The van der Waals surface area contributed by atoms with E-state index < -0.39 is 5.82 Å². The maximum absolute atomic E-state index is 14.6. The van der Waals surface area contributed by atoms with Crippen molar-refractivity contribution >= 4 is 0 Å². The number of hydrogen-bond donors (Lipinski definition) is 1. The lowest BCUT2D eigenvalue weighted by Crippen LogP contribution is -2.33. The maximum atomic E-state index is 14.6. The second-order valence-electron chi connectivity index (χ2n) is 5.49. The molecule has 2 N–H and O–H groups in total. The van der Waals surface area contributed by atoms with Crippen molar-refractivity contribution in [2.75, 3.05) is 26.9 Å². The first-order valence-electron chi connectivity index (χ1n) is 7.08. The first-order valence-corrected chi connectivity index (χ1v) is 7.08. The van der Waals surface area contributed by atoms with E-state index in [1.54, 1.807) is 0 Å². The first-order chi connectivity index (χ1) is 9.72. The van der Waals surface area contributed by atoms with Gasteiger partial charge in [0.15, 0.2) is 11.5 Å². The predicted octanol–water partition coefficient (Wildman–Crippen LogP) is 2.38. The van der Waals surface area contributed by atoms with Gasteiger partial charge in [0.2, 0.25) is 11.6 Å². The van der Waals surface area contributed by atoms with Crippen LogP contribution in [0.2, 0.25) is 0 Å². The molecule has 2 aliphatic rings. The summed E-state index contributed by atoms with van der Waals surface area (Å²) in [5.74, 6) is 0.396. The topological polar surface area (TPSA) is 53.7 Å². The second-order valence-corrected chi connectivity index (χ2v) is 5.49. The van der Waals surface area contributed by atoms with Crippen molar-refractivity contribution in [2.45, 2.75) is 31.1 Å². The number of ether oxygens (including phenoxy) is 3. The van der Waals surface area contributed by atoms with Crippen LogP contribution in [0.3, 0.4) is 0 Å². The summed E-state index contributed by atoms with van der Waals surface area (Å²) >= 11 is 0. The third-order valence-corrected chi connectivity index (χ3v) is 4.46. The molecular weight excluding hydrogens is 261 g/mol. The lowest BCUT2D eigenvalue weighted by Gasteiger charge is -2.31. The van der Waals surface area contributed by atoms with E-state index in [0.29, 0.717) is 25.5 Å². The molecule has 110 valence electrons. The monoisotopic (exact) mass is 281 g/mol. The summed E-state index contributed by atoms with van der Waals surface area (Å²) in [4.78, 5) is 0. The Hall–Kier alpha value is -1.49. The van der Waals surface area contributed by atoms with Gasteiger partial charge in [-0.3, -0.25) is 0 Å². The van der Waals surface area contributed by atoms with E-state index in [1.807, 2.05) is 6.07 Å². The van der Waals surface area contributed by atoms with Gasteiger partial charge in [-0.15, -0.1) is 0 Å². The summed E-state index contributed by atoms with van der Waals surface area (Å²) in [6.45, 7) is 1.28. The zero-order valence-electron chi connectivity index (χ0n) is 11.7. The van der Waals surface area contributed by atoms with Gasteiger partial charge in [-0.1, -0.05) is 12.8 Å². The van der Waals surface area contributed by atoms with Gasteiger partial charge in [0.05, 0.1) is 7.11 Å². The maximum Gasteiger partial charge on any atom is 0.211 e. The molecule has 0 saturated heterocycles. The molecule has 1 aliphatic heterocycles. The van der Waals surface area contributed by atoms with Crippen molar-refractivity contribution in [3.05, 3.63) is 17.4 Å². The van der Waals surface area contributed by atoms with E-state index in [2.05, 4.69) is 0 Å². The molecule has 4 nitrogen and oxygen atoms in total. The number of benzene rings is 1. The normalized spacial score (nSPS) is 19.9.